The van der Waals surface area contributed by atoms with Crippen LogP contribution in [0.1, 0.15) is 33.1 Å². The summed E-state index contributed by atoms with van der Waals surface area (Å²) in [4.78, 5) is 0.0137. The summed E-state index contributed by atoms with van der Waals surface area (Å²) >= 11 is 4.59. The Bertz CT molecular complexity index is 349. The molecule has 0 aromatic rings. The molecule has 0 amide bonds. The van der Waals surface area contributed by atoms with Crippen LogP contribution in [-0.4, -0.2) is 25.2 Å². The highest BCUT2D eigenvalue weighted by atomic mass is 32.2. The van der Waals surface area contributed by atoms with Crippen LogP contribution in [0.25, 0.3) is 0 Å². The molecule has 1 rings (SSSR count). The van der Waals surface area contributed by atoms with Gasteiger partial charge in [-0.25, -0.2) is 13.1 Å². The van der Waals surface area contributed by atoms with Gasteiger partial charge in [-0.2, -0.15) is 0 Å². The monoisotopic (exact) mass is 250 g/mol. The Morgan fingerprint density at radius 2 is 2.20 bits per heavy atom. The van der Waals surface area contributed by atoms with E-state index in [2.05, 4.69) is 30.8 Å². The van der Waals surface area contributed by atoms with Crippen LogP contribution in [0, 0.1) is 5.41 Å². The second kappa shape index (κ2) is 4.35. The molecular formula is C9H18N2O2S2. The molecular weight excluding hydrogens is 232 g/mol. The van der Waals surface area contributed by atoms with Gasteiger partial charge < -0.3 is 5.73 Å². The Morgan fingerprint density at radius 1 is 1.60 bits per heavy atom. The van der Waals surface area contributed by atoms with Gasteiger partial charge in [0.15, 0.2) is 0 Å². The van der Waals surface area contributed by atoms with Crippen LogP contribution in [0.15, 0.2) is 0 Å². The number of nitrogens with one attached hydrogen (secondary N) is 1. The van der Waals surface area contributed by atoms with Crippen LogP contribution in [0.3, 0.4) is 0 Å². The highest BCUT2D eigenvalue weighted by Gasteiger charge is 2.33. The molecule has 0 aliphatic heterocycles. The zero-order valence-electron chi connectivity index (χ0n) is 9.12. The third kappa shape index (κ3) is 4.44. The Balaban J connectivity index is 2.53. The van der Waals surface area contributed by atoms with Gasteiger partial charge in [-0.3, -0.25) is 0 Å². The highest BCUT2D eigenvalue weighted by Crippen LogP contribution is 2.37. The maximum atomic E-state index is 11.5. The van der Waals surface area contributed by atoms with Crippen molar-refractivity contribution in [3.8, 4) is 0 Å². The maximum Gasteiger partial charge on any atom is 0.218 e. The average molecular weight is 250 g/mol. The molecule has 15 heavy (non-hydrogen) atoms. The molecule has 0 bridgehead atoms. The molecule has 0 aromatic carbocycles. The van der Waals surface area contributed by atoms with Crippen molar-refractivity contribution in [2.24, 2.45) is 11.1 Å². The number of hydrogen-bond donors (Lipinski definition) is 2. The Hall–Kier alpha value is -0.200. The van der Waals surface area contributed by atoms with Crippen molar-refractivity contribution < 1.29 is 8.42 Å². The highest BCUT2D eigenvalue weighted by molar-refractivity contribution is 7.92. The molecule has 1 fully saturated rings. The molecule has 1 saturated carbocycles. The SMILES string of the molecule is CC1(C)CCC(NS(=O)(=O)CC(N)=S)C1. The van der Waals surface area contributed by atoms with Crippen LogP contribution in [-0.2, 0) is 10.0 Å². The third-order valence-electron chi connectivity index (χ3n) is 2.65. The van der Waals surface area contributed by atoms with E-state index in [1.807, 2.05) is 0 Å². The molecule has 0 radical (unpaired) electrons. The normalized spacial score (nSPS) is 25.3. The summed E-state index contributed by atoms with van der Waals surface area (Å²) in [6, 6.07) is 0.0411. The lowest BCUT2D eigenvalue weighted by atomic mass is 9.92. The first-order chi connectivity index (χ1) is 6.70. The van der Waals surface area contributed by atoms with E-state index in [0.717, 1.165) is 19.3 Å². The first kappa shape index (κ1) is 12.9. The lowest BCUT2D eigenvalue weighted by Crippen LogP contribution is -2.38. The molecule has 0 saturated heterocycles. The van der Waals surface area contributed by atoms with E-state index in [9.17, 15) is 8.42 Å². The number of sulfonamides is 1. The predicted molar refractivity (Wildman–Crippen MR) is 65.1 cm³/mol. The largest absolute Gasteiger partial charge is 0.392 e. The lowest BCUT2D eigenvalue weighted by Gasteiger charge is -2.17. The molecule has 1 atom stereocenters. The van der Waals surface area contributed by atoms with Gasteiger partial charge in [-0.05, 0) is 24.7 Å². The van der Waals surface area contributed by atoms with E-state index < -0.39 is 10.0 Å². The molecule has 1 unspecified atom stereocenters. The van der Waals surface area contributed by atoms with Crippen molar-refractivity contribution in [1.29, 1.82) is 0 Å². The standard InChI is InChI=1S/C9H18N2O2S2/c1-9(2)4-3-7(5-9)11-15(12,13)6-8(10)14/h7,11H,3-6H2,1-2H3,(H2,10,14). The Morgan fingerprint density at radius 3 is 2.60 bits per heavy atom. The summed E-state index contributed by atoms with van der Waals surface area (Å²) in [7, 11) is -3.33. The predicted octanol–water partition coefficient (Wildman–Crippen LogP) is 0.771. The summed E-state index contributed by atoms with van der Waals surface area (Å²) in [5.74, 6) is -0.251. The number of nitrogens with two attached hydrogens (primary N) is 1. The topological polar surface area (TPSA) is 72.2 Å². The zero-order valence-corrected chi connectivity index (χ0v) is 10.7. The molecule has 1 aliphatic carbocycles. The van der Waals surface area contributed by atoms with E-state index in [0.29, 0.717) is 0 Å². The van der Waals surface area contributed by atoms with Crippen molar-refractivity contribution in [3.63, 3.8) is 0 Å². The van der Waals surface area contributed by atoms with Crippen molar-refractivity contribution in [1.82, 2.24) is 4.72 Å². The molecule has 0 heterocycles. The van der Waals surface area contributed by atoms with Crippen LogP contribution in [0.4, 0.5) is 0 Å². The quantitative estimate of drug-likeness (QED) is 0.723. The van der Waals surface area contributed by atoms with E-state index in [1.165, 1.54) is 0 Å². The number of hydrogen-bond acceptors (Lipinski definition) is 3. The summed E-state index contributed by atoms with van der Waals surface area (Å²) in [6.45, 7) is 4.30. The van der Waals surface area contributed by atoms with Crippen LogP contribution in [0.5, 0.6) is 0 Å². The van der Waals surface area contributed by atoms with Gasteiger partial charge in [-0.1, -0.05) is 26.1 Å². The first-order valence-corrected chi connectivity index (χ1v) is 7.05. The van der Waals surface area contributed by atoms with Crippen molar-refractivity contribution in [2.75, 3.05) is 5.75 Å². The van der Waals surface area contributed by atoms with Crippen molar-refractivity contribution in [2.45, 2.75) is 39.2 Å². The van der Waals surface area contributed by atoms with Gasteiger partial charge in [0.05, 0.1) is 4.99 Å². The smallest absolute Gasteiger partial charge is 0.218 e. The molecule has 88 valence electrons. The van der Waals surface area contributed by atoms with Gasteiger partial charge >= 0.3 is 0 Å². The third-order valence-corrected chi connectivity index (χ3v) is 4.36. The van der Waals surface area contributed by atoms with Gasteiger partial charge in [0.25, 0.3) is 0 Å². The fourth-order valence-electron chi connectivity index (χ4n) is 2.02. The number of thiocarbonyl (C=S) groups is 1. The fraction of sp³-hybridized carbons (Fsp3) is 0.889. The summed E-state index contributed by atoms with van der Waals surface area (Å²) < 4.78 is 25.7. The van der Waals surface area contributed by atoms with Crippen molar-refractivity contribution >= 4 is 27.2 Å². The molecule has 6 heteroatoms. The van der Waals surface area contributed by atoms with E-state index in [-0.39, 0.29) is 22.2 Å². The van der Waals surface area contributed by atoms with Crippen molar-refractivity contribution in [3.05, 3.63) is 0 Å². The number of rotatable bonds is 4. The first-order valence-electron chi connectivity index (χ1n) is 4.98. The zero-order chi connectivity index (χ0) is 11.7. The minimum Gasteiger partial charge on any atom is -0.392 e. The lowest BCUT2D eigenvalue weighted by molar-refractivity contribution is 0.372. The summed E-state index contributed by atoms with van der Waals surface area (Å²) in [5, 5.41) is 0. The molecule has 3 N–H and O–H groups in total. The second-order valence-electron chi connectivity index (χ2n) is 4.95. The maximum absolute atomic E-state index is 11.5. The van der Waals surface area contributed by atoms with E-state index >= 15 is 0 Å². The van der Waals surface area contributed by atoms with Gasteiger partial charge in [0.2, 0.25) is 10.0 Å². The van der Waals surface area contributed by atoms with Gasteiger partial charge in [0, 0.05) is 6.04 Å². The average Bonchev–Trinajstić information content (AvgIpc) is 2.25. The molecule has 0 spiro atoms. The van der Waals surface area contributed by atoms with Crippen LogP contribution in [0.2, 0.25) is 0 Å². The van der Waals surface area contributed by atoms with E-state index in [4.69, 9.17) is 5.73 Å². The second-order valence-corrected chi connectivity index (χ2v) is 7.23. The molecule has 0 aromatic heterocycles. The minimum absolute atomic E-state index is 0.0137. The Labute approximate surface area is 96.7 Å². The summed E-state index contributed by atoms with van der Waals surface area (Å²) in [6.07, 6.45) is 2.82. The molecule has 4 nitrogen and oxygen atoms in total. The van der Waals surface area contributed by atoms with Gasteiger partial charge in [-0.15, -0.1) is 0 Å². The minimum atomic E-state index is -3.33. The molecule has 1 aliphatic rings. The Kier molecular flexibility index (Phi) is 3.73. The van der Waals surface area contributed by atoms with E-state index in [1.54, 1.807) is 0 Å². The fourth-order valence-corrected chi connectivity index (χ4v) is 3.65. The summed E-state index contributed by atoms with van der Waals surface area (Å²) in [5.41, 5.74) is 5.45. The van der Waals surface area contributed by atoms with Crippen LogP contribution < -0.4 is 10.5 Å². The van der Waals surface area contributed by atoms with Crippen LogP contribution >= 0.6 is 12.2 Å². The van der Waals surface area contributed by atoms with Gasteiger partial charge in [0.1, 0.15) is 5.75 Å².